The van der Waals surface area contributed by atoms with E-state index in [-0.39, 0.29) is 5.15 Å². The van der Waals surface area contributed by atoms with Gasteiger partial charge in [0.05, 0.1) is 5.69 Å². The van der Waals surface area contributed by atoms with Crippen LogP contribution in [0, 0.1) is 6.92 Å². The van der Waals surface area contributed by atoms with Crippen molar-refractivity contribution in [3.05, 3.63) is 21.4 Å². The lowest BCUT2D eigenvalue weighted by Crippen LogP contribution is -2.25. The zero-order chi connectivity index (χ0) is 12.5. The van der Waals surface area contributed by atoms with Gasteiger partial charge in [-0.1, -0.05) is 22.6 Å². The van der Waals surface area contributed by atoms with E-state index in [2.05, 4.69) is 25.6 Å². The lowest BCUT2D eigenvalue weighted by Gasteiger charge is -2.39. The summed E-state index contributed by atoms with van der Waals surface area (Å²) in [6.07, 6.45) is 1.56. The zero-order valence-electron chi connectivity index (χ0n) is 9.03. The van der Waals surface area contributed by atoms with Gasteiger partial charge >= 0.3 is 0 Å². The molecular weight excluding hydrogens is 318 g/mol. The molecule has 0 unspecified atom stereocenters. The molecule has 8 heteroatoms. The molecule has 3 N–H and O–H groups in total. The van der Waals surface area contributed by atoms with E-state index in [1.807, 2.05) is 0 Å². The summed E-state index contributed by atoms with van der Waals surface area (Å²) in [7, 11) is 0.0302. The lowest BCUT2D eigenvalue weighted by molar-refractivity contribution is 0.421. The SMILES string of the molecule is Cc1c(Br)cnc(Cl)c1NS(O)(O)N(C)C. The van der Waals surface area contributed by atoms with Crippen molar-refractivity contribution in [1.82, 2.24) is 9.29 Å². The van der Waals surface area contributed by atoms with Gasteiger partial charge in [0.2, 0.25) is 0 Å². The van der Waals surface area contributed by atoms with E-state index in [9.17, 15) is 9.11 Å². The third kappa shape index (κ3) is 2.99. The van der Waals surface area contributed by atoms with Crippen LogP contribution in [0.4, 0.5) is 5.69 Å². The minimum Gasteiger partial charge on any atom is -0.269 e. The first-order valence-corrected chi connectivity index (χ1v) is 6.97. The van der Waals surface area contributed by atoms with Crippen LogP contribution in [0.15, 0.2) is 10.7 Å². The summed E-state index contributed by atoms with van der Waals surface area (Å²) in [6.45, 7) is 1.80. The van der Waals surface area contributed by atoms with Crippen LogP contribution in [0.25, 0.3) is 0 Å². The van der Waals surface area contributed by atoms with E-state index in [1.54, 1.807) is 27.2 Å². The van der Waals surface area contributed by atoms with Crippen LogP contribution < -0.4 is 4.72 Å². The molecule has 0 bridgehead atoms. The number of hydrogen-bond acceptors (Lipinski definition) is 5. The Kier molecular flexibility index (Phi) is 4.44. The van der Waals surface area contributed by atoms with Crippen LogP contribution >= 0.6 is 38.5 Å². The molecule has 16 heavy (non-hydrogen) atoms. The molecule has 0 aliphatic heterocycles. The molecule has 1 aromatic rings. The van der Waals surface area contributed by atoms with E-state index in [0.717, 1.165) is 10.0 Å². The second-order valence-electron chi connectivity index (χ2n) is 3.33. The molecule has 0 aliphatic carbocycles. The largest absolute Gasteiger partial charge is 0.269 e. The van der Waals surface area contributed by atoms with Crippen LogP contribution in [0.2, 0.25) is 5.15 Å². The predicted octanol–water partition coefficient (Wildman–Crippen LogP) is 3.36. The fraction of sp³-hybridized carbons (Fsp3) is 0.375. The third-order valence-electron chi connectivity index (χ3n) is 1.98. The average Bonchev–Trinajstić information content (AvgIpc) is 2.18. The summed E-state index contributed by atoms with van der Waals surface area (Å²) >= 11 is 9.19. The van der Waals surface area contributed by atoms with Crippen molar-refractivity contribution in [2.24, 2.45) is 0 Å². The maximum atomic E-state index is 9.74. The number of halogens is 2. The fourth-order valence-corrected chi connectivity index (χ4v) is 2.20. The van der Waals surface area contributed by atoms with E-state index in [4.69, 9.17) is 11.6 Å². The number of pyridine rings is 1. The summed E-state index contributed by atoms with van der Waals surface area (Å²) < 4.78 is 24.1. The van der Waals surface area contributed by atoms with E-state index in [1.165, 1.54) is 4.31 Å². The number of rotatable bonds is 3. The summed E-state index contributed by atoms with van der Waals surface area (Å²) in [4.78, 5) is 3.91. The van der Waals surface area contributed by atoms with Gasteiger partial charge in [-0.25, -0.2) is 4.98 Å². The highest BCUT2D eigenvalue weighted by atomic mass is 79.9. The standard InChI is InChI=1S/C8H13BrClN3O2S/c1-5-6(9)4-11-8(10)7(5)12-16(14,15)13(2)3/h4,12,14-15H,1-3H3. The Morgan fingerprint density at radius 3 is 2.56 bits per heavy atom. The first-order valence-electron chi connectivity index (χ1n) is 4.29. The Bertz CT molecular complexity index is 403. The summed E-state index contributed by atoms with van der Waals surface area (Å²) in [5, 5.41) is 0.197. The zero-order valence-corrected chi connectivity index (χ0v) is 12.2. The number of nitrogens with one attached hydrogen (secondary N) is 1. The fourth-order valence-electron chi connectivity index (χ4n) is 0.896. The Morgan fingerprint density at radius 2 is 2.06 bits per heavy atom. The van der Waals surface area contributed by atoms with Gasteiger partial charge in [-0.2, -0.15) is 4.31 Å². The minimum atomic E-state index is -3.07. The molecule has 1 rings (SSSR count). The molecule has 92 valence electrons. The Hall–Kier alpha value is -0.0500. The maximum absolute atomic E-state index is 9.74. The van der Waals surface area contributed by atoms with E-state index < -0.39 is 11.0 Å². The molecule has 0 aliphatic rings. The number of hydrogen-bond donors (Lipinski definition) is 3. The topological polar surface area (TPSA) is 68.6 Å². The van der Waals surface area contributed by atoms with Crippen LogP contribution in [0.5, 0.6) is 0 Å². The molecule has 0 fully saturated rings. The van der Waals surface area contributed by atoms with Gasteiger partial charge in [-0.15, -0.1) is 0 Å². The van der Waals surface area contributed by atoms with E-state index in [0.29, 0.717) is 5.69 Å². The predicted molar refractivity (Wildman–Crippen MR) is 71.8 cm³/mol. The van der Waals surface area contributed by atoms with Gasteiger partial charge < -0.3 is 0 Å². The highest BCUT2D eigenvalue weighted by Gasteiger charge is 2.19. The van der Waals surface area contributed by atoms with Gasteiger partial charge in [0.15, 0.2) is 5.15 Å². The second-order valence-corrected chi connectivity index (χ2v) is 6.51. The number of aromatic nitrogens is 1. The quantitative estimate of drug-likeness (QED) is 0.741. The highest BCUT2D eigenvalue weighted by Crippen LogP contribution is 2.44. The van der Waals surface area contributed by atoms with Crippen molar-refractivity contribution in [3.63, 3.8) is 0 Å². The Labute approximate surface area is 110 Å². The van der Waals surface area contributed by atoms with Crippen molar-refractivity contribution in [1.29, 1.82) is 0 Å². The molecule has 0 saturated carbocycles. The van der Waals surface area contributed by atoms with Crippen LogP contribution in [0.1, 0.15) is 5.56 Å². The summed E-state index contributed by atoms with van der Waals surface area (Å²) in [5.74, 6) is 0. The molecule has 0 amide bonds. The normalized spacial score (nSPS) is 13.0. The first kappa shape index (κ1) is 14.0. The molecule has 0 saturated heterocycles. The van der Waals surface area contributed by atoms with Crippen LogP contribution in [-0.2, 0) is 0 Å². The second kappa shape index (κ2) is 5.07. The summed E-state index contributed by atoms with van der Waals surface area (Å²) in [5.41, 5.74) is 1.17. The average molecular weight is 331 g/mol. The van der Waals surface area contributed by atoms with Gasteiger partial charge in [0.25, 0.3) is 0 Å². The molecule has 1 aromatic heterocycles. The van der Waals surface area contributed by atoms with E-state index >= 15 is 0 Å². The van der Waals surface area contributed by atoms with Crippen LogP contribution in [0.3, 0.4) is 0 Å². The smallest absolute Gasteiger partial charge is 0.154 e. The van der Waals surface area contributed by atoms with Crippen molar-refractivity contribution >= 4 is 44.2 Å². The first-order chi connectivity index (χ1) is 7.25. The molecule has 1 heterocycles. The van der Waals surface area contributed by atoms with Gasteiger partial charge in [-0.05, 0) is 28.4 Å². The molecule has 0 radical (unpaired) electrons. The lowest BCUT2D eigenvalue weighted by atomic mass is 10.3. The Morgan fingerprint density at radius 1 is 1.50 bits per heavy atom. The van der Waals surface area contributed by atoms with Crippen molar-refractivity contribution in [2.45, 2.75) is 6.92 Å². The maximum Gasteiger partial charge on any atom is 0.154 e. The number of anilines is 1. The van der Waals surface area contributed by atoms with Crippen LogP contribution in [-0.4, -0.2) is 32.5 Å². The van der Waals surface area contributed by atoms with Crippen molar-refractivity contribution < 1.29 is 9.11 Å². The van der Waals surface area contributed by atoms with Gasteiger partial charge in [0.1, 0.15) is 0 Å². The Balaban J connectivity index is 3.11. The highest BCUT2D eigenvalue weighted by molar-refractivity contribution is 9.10. The van der Waals surface area contributed by atoms with Crippen molar-refractivity contribution in [2.75, 3.05) is 18.8 Å². The molecule has 0 spiro atoms. The number of nitrogens with zero attached hydrogens (tertiary/aromatic N) is 2. The molecule has 0 atom stereocenters. The third-order valence-corrected chi connectivity index (χ3v) is 4.56. The van der Waals surface area contributed by atoms with Crippen molar-refractivity contribution in [3.8, 4) is 0 Å². The monoisotopic (exact) mass is 329 g/mol. The molecule has 5 nitrogen and oxygen atoms in total. The molecular formula is C8H13BrClN3O2S. The summed E-state index contributed by atoms with van der Waals surface area (Å²) in [6, 6.07) is 0. The van der Waals surface area contributed by atoms with Gasteiger partial charge in [0, 0.05) is 24.8 Å². The van der Waals surface area contributed by atoms with Gasteiger partial charge in [-0.3, -0.25) is 13.8 Å². The molecule has 0 aromatic carbocycles. The minimum absolute atomic E-state index is 0.197.